The summed E-state index contributed by atoms with van der Waals surface area (Å²) in [5, 5.41) is 0. The lowest BCUT2D eigenvalue weighted by Gasteiger charge is -2.35. The number of hydrogen-bond donors (Lipinski definition) is 1. The van der Waals surface area contributed by atoms with Crippen molar-refractivity contribution < 1.29 is 34.9 Å². The molecule has 3 nitrogen and oxygen atoms in total. The van der Waals surface area contributed by atoms with Crippen LogP contribution < -0.4 is 0 Å². The standard InChI is InChI=1S/C12H7F5O3S/c13-7-8(14)10(16)12(20-21(18)19,11(17)9(7)15)6-4-2-1-3-5-6/h1-5,10H,(H,18,19). The first-order valence-corrected chi connectivity index (χ1v) is 6.46. The average molecular weight is 326 g/mol. The predicted molar refractivity (Wildman–Crippen MR) is 63.4 cm³/mol. The summed E-state index contributed by atoms with van der Waals surface area (Å²) in [7, 11) is 0. The van der Waals surface area contributed by atoms with Crippen LogP contribution in [0.15, 0.2) is 53.6 Å². The summed E-state index contributed by atoms with van der Waals surface area (Å²) in [6.07, 6.45) is -3.17. The maximum absolute atomic E-state index is 14.1. The van der Waals surface area contributed by atoms with E-state index < -0.39 is 52.0 Å². The minimum atomic E-state index is -3.28. The molecule has 3 atom stereocenters. The lowest BCUT2D eigenvalue weighted by Crippen LogP contribution is -2.44. The van der Waals surface area contributed by atoms with Gasteiger partial charge in [-0.05, 0) is 5.56 Å². The highest BCUT2D eigenvalue weighted by Crippen LogP contribution is 2.50. The summed E-state index contributed by atoms with van der Waals surface area (Å²) >= 11 is -3.28. The van der Waals surface area contributed by atoms with Gasteiger partial charge in [0.25, 0.3) is 0 Å². The second-order valence-corrected chi connectivity index (χ2v) is 4.66. The van der Waals surface area contributed by atoms with Crippen LogP contribution in [0, 0.1) is 0 Å². The van der Waals surface area contributed by atoms with E-state index in [4.69, 9.17) is 4.55 Å². The third-order valence-corrected chi connectivity index (χ3v) is 3.31. The quantitative estimate of drug-likeness (QED) is 0.681. The first-order valence-electron chi connectivity index (χ1n) is 5.43. The van der Waals surface area contributed by atoms with E-state index in [-0.39, 0.29) is 0 Å². The zero-order valence-electron chi connectivity index (χ0n) is 10.0. The fraction of sp³-hybridized carbons (Fsp3) is 0.167. The predicted octanol–water partition coefficient (Wildman–Crippen LogP) is 3.69. The molecule has 9 heteroatoms. The molecule has 0 saturated heterocycles. The molecule has 1 aromatic rings. The molecule has 0 amide bonds. The molecule has 1 N–H and O–H groups in total. The summed E-state index contributed by atoms with van der Waals surface area (Å²) < 4.78 is 91.9. The number of halogens is 5. The third-order valence-electron chi connectivity index (χ3n) is 2.91. The Morgan fingerprint density at radius 1 is 1.10 bits per heavy atom. The molecule has 0 heterocycles. The normalized spacial score (nSPS) is 28.0. The van der Waals surface area contributed by atoms with Crippen molar-refractivity contribution in [1.82, 2.24) is 0 Å². The lowest BCUT2D eigenvalue weighted by molar-refractivity contribution is -0.000471. The largest absolute Gasteiger partial charge is 0.303 e. The summed E-state index contributed by atoms with van der Waals surface area (Å²) in [5.41, 5.74) is -3.71. The minimum absolute atomic E-state index is 0.491. The number of allylic oxidation sites excluding steroid dienone is 2. The van der Waals surface area contributed by atoms with Crippen LogP contribution in [0.25, 0.3) is 0 Å². The van der Waals surface area contributed by atoms with Crippen molar-refractivity contribution in [2.45, 2.75) is 11.8 Å². The number of hydrogen-bond acceptors (Lipinski definition) is 2. The van der Waals surface area contributed by atoms with Gasteiger partial charge in [0.15, 0.2) is 29.5 Å². The van der Waals surface area contributed by atoms with Crippen molar-refractivity contribution in [2.24, 2.45) is 0 Å². The highest BCUT2D eigenvalue weighted by atomic mass is 32.2. The van der Waals surface area contributed by atoms with E-state index in [1.54, 1.807) is 0 Å². The van der Waals surface area contributed by atoms with E-state index in [1.807, 2.05) is 0 Å². The molecule has 0 bridgehead atoms. The summed E-state index contributed by atoms with van der Waals surface area (Å²) in [6.45, 7) is 0. The molecule has 0 aliphatic heterocycles. The number of benzene rings is 1. The van der Waals surface area contributed by atoms with Gasteiger partial charge in [-0.2, -0.15) is 4.21 Å². The van der Waals surface area contributed by atoms with Crippen LogP contribution in [0.2, 0.25) is 0 Å². The van der Waals surface area contributed by atoms with Crippen LogP contribution in [-0.4, -0.2) is 14.9 Å². The van der Waals surface area contributed by atoms with Crippen LogP contribution in [0.3, 0.4) is 0 Å². The third kappa shape index (κ3) is 2.41. The molecule has 1 aliphatic rings. The molecule has 0 aromatic heterocycles. The van der Waals surface area contributed by atoms with E-state index in [9.17, 15) is 26.2 Å². The van der Waals surface area contributed by atoms with Crippen molar-refractivity contribution >= 4 is 11.4 Å². The average Bonchev–Trinajstić information content (AvgIpc) is 2.48. The van der Waals surface area contributed by atoms with Gasteiger partial charge in [-0.15, -0.1) is 0 Å². The van der Waals surface area contributed by atoms with Crippen molar-refractivity contribution in [3.63, 3.8) is 0 Å². The Balaban J connectivity index is 2.75. The first kappa shape index (κ1) is 15.8. The fourth-order valence-electron chi connectivity index (χ4n) is 1.96. The van der Waals surface area contributed by atoms with Gasteiger partial charge in [-0.1, -0.05) is 30.3 Å². The van der Waals surface area contributed by atoms with E-state index in [0.717, 1.165) is 12.1 Å². The molecule has 114 valence electrons. The maximum Gasteiger partial charge on any atom is 0.303 e. The summed E-state index contributed by atoms with van der Waals surface area (Å²) in [6, 6.07) is 5.97. The summed E-state index contributed by atoms with van der Waals surface area (Å²) in [4.78, 5) is 0. The SMILES string of the molecule is O=S(O)OC1(c2ccccc2)C(F)=C(F)C(F)=C(F)C1F. The molecule has 3 unspecified atom stereocenters. The molecule has 0 fully saturated rings. The second kappa shape index (κ2) is 5.66. The Hall–Kier alpha value is -1.58. The van der Waals surface area contributed by atoms with Gasteiger partial charge in [0.2, 0.25) is 5.60 Å². The molecule has 1 aromatic carbocycles. The van der Waals surface area contributed by atoms with E-state index in [2.05, 4.69) is 4.18 Å². The van der Waals surface area contributed by atoms with E-state index in [1.165, 1.54) is 18.2 Å². The zero-order valence-corrected chi connectivity index (χ0v) is 10.8. The first-order chi connectivity index (χ1) is 9.82. The van der Waals surface area contributed by atoms with Crippen molar-refractivity contribution in [1.29, 1.82) is 0 Å². The van der Waals surface area contributed by atoms with Crippen LogP contribution in [0.1, 0.15) is 5.56 Å². The van der Waals surface area contributed by atoms with Gasteiger partial charge in [0, 0.05) is 0 Å². The van der Waals surface area contributed by atoms with E-state index in [0.29, 0.717) is 0 Å². The number of alkyl halides is 1. The monoisotopic (exact) mass is 326 g/mol. The molecule has 0 radical (unpaired) electrons. The Morgan fingerprint density at radius 2 is 1.67 bits per heavy atom. The second-order valence-electron chi connectivity index (χ2n) is 4.05. The van der Waals surface area contributed by atoms with Crippen LogP contribution in [0.5, 0.6) is 0 Å². The van der Waals surface area contributed by atoms with Gasteiger partial charge < -0.3 is 0 Å². The minimum Gasteiger partial charge on any atom is -0.284 e. The molecule has 0 spiro atoms. The Bertz CT molecular complexity index is 646. The molecule has 2 rings (SSSR count). The molecule has 1 aliphatic carbocycles. The van der Waals surface area contributed by atoms with Crippen molar-refractivity contribution in [3.8, 4) is 0 Å². The van der Waals surface area contributed by atoms with Crippen LogP contribution in [-0.2, 0) is 21.1 Å². The smallest absolute Gasteiger partial charge is 0.284 e. The highest BCUT2D eigenvalue weighted by molar-refractivity contribution is 7.74. The highest BCUT2D eigenvalue weighted by Gasteiger charge is 2.57. The Morgan fingerprint density at radius 3 is 2.19 bits per heavy atom. The van der Waals surface area contributed by atoms with Gasteiger partial charge in [0.05, 0.1) is 0 Å². The maximum atomic E-state index is 14.1. The molecule has 0 saturated carbocycles. The van der Waals surface area contributed by atoms with E-state index >= 15 is 0 Å². The number of rotatable bonds is 3. The zero-order chi connectivity index (χ0) is 15.8. The Labute approximate surface area is 118 Å². The molecular weight excluding hydrogens is 319 g/mol. The van der Waals surface area contributed by atoms with Gasteiger partial charge >= 0.3 is 11.4 Å². The van der Waals surface area contributed by atoms with Gasteiger partial charge in [-0.3, -0.25) is 4.55 Å². The van der Waals surface area contributed by atoms with Gasteiger partial charge in [0.1, 0.15) is 0 Å². The van der Waals surface area contributed by atoms with Gasteiger partial charge in [-0.25, -0.2) is 26.1 Å². The van der Waals surface area contributed by atoms with Crippen LogP contribution in [0.4, 0.5) is 22.0 Å². The van der Waals surface area contributed by atoms with Crippen molar-refractivity contribution in [3.05, 3.63) is 59.2 Å². The Kier molecular flexibility index (Phi) is 4.26. The fourth-order valence-corrected chi connectivity index (χ4v) is 2.44. The van der Waals surface area contributed by atoms with Crippen molar-refractivity contribution in [2.75, 3.05) is 0 Å². The van der Waals surface area contributed by atoms with Crippen LogP contribution >= 0.6 is 0 Å². The summed E-state index contributed by atoms with van der Waals surface area (Å²) in [5.74, 6) is -9.10. The lowest BCUT2D eigenvalue weighted by atomic mass is 9.83. The molecular formula is C12H7F5O3S. The topological polar surface area (TPSA) is 46.5 Å². The molecule has 21 heavy (non-hydrogen) atoms.